The number of rotatable bonds is 6. The number of amides is 1. The molecule has 3 rings (SSSR count). The predicted octanol–water partition coefficient (Wildman–Crippen LogP) is 3.16. The van der Waals surface area contributed by atoms with E-state index in [4.69, 9.17) is 9.84 Å². The summed E-state index contributed by atoms with van der Waals surface area (Å²) >= 11 is 0. The van der Waals surface area contributed by atoms with E-state index < -0.39 is 5.97 Å². The van der Waals surface area contributed by atoms with E-state index in [9.17, 15) is 9.59 Å². The third-order valence-corrected chi connectivity index (χ3v) is 4.65. The Morgan fingerprint density at radius 1 is 1.12 bits per heavy atom. The van der Waals surface area contributed by atoms with Gasteiger partial charge in [-0.2, -0.15) is 0 Å². The van der Waals surface area contributed by atoms with Gasteiger partial charge < -0.3 is 14.7 Å². The molecule has 1 amide bonds. The van der Waals surface area contributed by atoms with Gasteiger partial charge in [0.25, 0.3) is 0 Å². The number of ether oxygens (including phenoxy) is 1. The molecule has 0 heterocycles. The van der Waals surface area contributed by atoms with Crippen molar-refractivity contribution in [3.05, 3.63) is 65.2 Å². The maximum Gasteiger partial charge on any atom is 0.335 e. The molecule has 0 unspecified atom stereocenters. The summed E-state index contributed by atoms with van der Waals surface area (Å²) in [5.41, 5.74) is 2.33. The number of hydrogen-bond donors (Lipinski definition) is 1. The molecular formula is C20H21NO4. The largest absolute Gasteiger partial charge is 0.497 e. The normalized spacial score (nSPS) is 18.5. The molecule has 2 aromatic rings. The Morgan fingerprint density at radius 3 is 2.32 bits per heavy atom. The summed E-state index contributed by atoms with van der Waals surface area (Å²) in [6.45, 7) is 0.477. The first-order valence-corrected chi connectivity index (χ1v) is 8.20. The van der Waals surface area contributed by atoms with Gasteiger partial charge in [-0.3, -0.25) is 4.79 Å². The lowest BCUT2D eigenvalue weighted by atomic mass is 10.1. The van der Waals surface area contributed by atoms with Gasteiger partial charge in [-0.25, -0.2) is 4.79 Å². The Hall–Kier alpha value is -2.82. The van der Waals surface area contributed by atoms with Crippen LogP contribution in [0.1, 0.15) is 33.8 Å². The molecular weight excluding hydrogens is 318 g/mol. The van der Waals surface area contributed by atoms with E-state index in [1.165, 1.54) is 5.56 Å². The van der Waals surface area contributed by atoms with Crippen LogP contribution in [0.15, 0.2) is 48.5 Å². The molecule has 1 aliphatic rings. The SMILES string of the molecule is COc1ccc([C@@H]2C[C@H]2C(=O)N(C)Cc2ccc(C(=O)O)cc2)cc1. The monoisotopic (exact) mass is 339 g/mol. The van der Waals surface area contributed by atoms with Crippen LogP contribution in [0.5, 0.6) is 5.75 Å². The number of aromatic carboxylic acids is 1. The lowest BCUT2D eigenvalue weighted by Gasteiger charge is -2.17. The summed E-state index contributed by atoms with van der Waals surface area (Å²) in [6.07, 6.45) is 0.869. The number of carbonyl (C=O) groups is 2. The topological polar surface area (TPSA) is 66.8 Å². The second kappa shape index (κ2) is 6.97. The van der Waals surface area contributed by atoms with E-state index in [0.29, 0.717) is 6.54 Å². The Balaban J connectivity index is 1.58. The maximum absolute atomic E-state index is 12.6. The minimum atomic E-state index is -0.948. The summed E-state index contributed by atoms with van der Waals surface area (Å²) in [4.78, 5) is 25.2. The van der Waals surface area contributed by atoms with E-state index >= 15 is 0 Å². The van der Waals surface area contributed by atoms with Crippen LogP contribution in [0.25, 0.3) is 0 Å². The first-order chi connectivity index (χ1) is 12.0. The maximum atomic E-state index is 12.6. The molecule has 130 valence electrons. The van der Waals surface area contributed by atoms with Gasteiger partial charge in [0.15, 0.2) is 0 Å². The molecule has 5 nitrogen and oxygen atoms in total. The lowest BCUT2D eigenvalue weighted by Crippen LogP contribution is -2.28. The fraction of sp³-hybridized carbons (Fsp3) is 0.300. The smallest absolute Gasteiger partial charge is 0.335 e. The third-order valence-electron chi connectivity index (χ3n) is 4.65. The molecule has 5 heteroatoms. The zero-order valence-electron chi connectivity index (χ0n) is 14.3. The third kappa shape index (κ3) is 3.82. The minimum Gasteiger partial charge on any atom is -0.497 e. The van der Waals surface area contributed by atoms with Crippen molar-refractivity contribution in [2.24, 2.45) is 5.92 Å². The van der Waals surface area contributed by atoms with Gasteiger partial charge >= 0.3 is 5.97 Å². The second-order valence-corrected chi connectivity index (χ2v) is 6.42. The second-order valence-electron chi connectivity index (χ2n) is 6.42. The van der Waals surface area contributed by atoms with Crippen LogP contribution in [0.4, 0.5) is 0 Å². The van der Waals surface area contributed by atoms with Crippen LogP contribution in [0.3, 0.4) is 0 Å². The van der Waals surface area contributed by atoms with Crippen molar-refractivity contribution in [3.8, 4) is 5.75 Å². The molecule has 0 saturated heterocycles. The molecule has 0 aliphatic heterocycles. The summed E-state index contributed by atoms with van der Waals surface area (Å²) in [6, 6.07) is 14.5. The molecule has 0 radical (unpaired) electrons. The van der Waals surface area contributed by atoms with Crippen molar-refractivity contribution >= 4 is 11.9 Å². The van der Waals surface area contributed by atoms with Crippen molar-refractivity contribution in [2.45, 2.75) is 18.9 Å². The number of carboxylic acid groups (broad SMARTS) is 1. The van der Waals surface area contributed by atoms with E-state index in [-0.39, 0.29) is 23.3 Å². The number of carbonyl (C=O) groups excluding carboxylic acids is 1. The molecule has 1 saturated carbocycles. The van der Waals surface area contributed by atoms with Crippen molar-refractivity contribution in [1.29, 1.82) is 0 Å². The van der Waals surface area contributed by atoms with Crippen LogP contribution >= 0.6 is 0 Å². The summed E-state index contributed by atoms with van der Waals surface area (Å²) in [5.74, 6) is 0.292. The fourth-order valence-electron chi connectivity index (χ4n) is 3.08. The molecule has 0 bridgehead atoms. The quantitative estimate of drug-likeness (QED) is 0.878. The van der Waals surface area contributed by atoms with E-state index in [0.717, 1.165) is 17.7 Å². The molecule has 1 N–H and O–H groups in total. The van der Waals surface area contributed by atoms with Crippen molar-refractivity contribution in [3.63, 3.8) is 0 Å². The minimum absolute atomic E-state index is 0.0247. The van der Waals surface area contributed by atoms with Crippen molar-refractivity contribution in [2.75, 3.05) is 14.2 Å². The predicted molar refractivity (Wildman–Crippen MR) is 93.7 cm³/mol. The average molecular weight is 339 g/mol. The molecule has 2 atom stereocenters. The summed E-state index contributed by atoms with van der Waals surface area (Å²) < 4.78 is 5.16. The van der Waals surface area contributed by atoms with Gasteiger partial charge in [0.1, 0.15) is 5.75 Å². The zero-order valence-corrected chi connectivity index (χ0v) is 14.3. The molecule has 0 aromatic heterocycles. The van der Waals surface area contributed by atoms with Gasteiger partial charge in [0, 0.05) is 19.5 Å². The number of hydrogen-bond acceptors (Lipinski definition) is 3. The molecule has 25 heavy (non-hydrogen) atoms. The summed E-state index contributed by atoms with van der Waals surface area (Å²) in [5, 5.41) is 8.92. The van der Waals surface area contributed by atoms with Crippen molar-refractivity contribution in [1.82, 2.24) is 4.90 Å². The summed E-state index contributed by atoms with van der Waals surface area (Å²) in [7, 11) is 3.42. The number of benzene rings is 2. The van der Waals surface area contributed by atoms with E-state index in [2.05, 4.69) is 0 Å². The highest BCUT2D eigenvalue weighted by Gasteiger charge is 2.45. The number of methoxy groups -OCH3 is 1. The Kier molecular flexibility index (Phi) is 4.74. The molecule has 1 fully saturated rings. The van der Waals surface area contributed by atoms with Crippen LogP contribution in [0.2, 0.25) is 0 Å². The molecule has 2 aromatic carbocycles. The van der Waals surface area contributed by atoms with E-state index in [1.807, 2.05) is 24.3 Å². The zero-order chi connectivity index (χ0) is 18.0. The van der Waals surface area contributed by atoms with E-state index in [1.54, 1.807) is 43.3 Å². The Labute approximate surface area is 146 Å². The van der Waals surface area contributed by atoms with Crippen LogP contribution in [0, 0.1) is 5.92 Å². The fourth-order valence-corrected chi connectivity index (χ4v) is 3.08. The highest BCUT2D eigenvalue weighted by molar-refractivity contribution is 5.87. The first kappa shape index (κ1) is 17.0. The van der Waals surface area contributed by atoms with Crippen LogP contribution in [-0.4, -0.2) is 36.0 Å². The Bertz CT molecular complexity index is 767. The molecule has 1 aliphatic carbocycles. The first-order valence-electron chi connectivity index (χ1n) is 8.20. The highest BCUT2D eigenvalue weighted by Crippen LogP contribution is 2.48. The van der Waals surface area contributed by atoms with Gasteiger partial charge in [-0.15, -0.1) is 0 Å². The van der Waals surface area contributed by atoms with Gasteiger partial charge in [-0.1, -0.05) is 24.3 Å². The van der Waals surface area contributed by atoms with Crippen LogP contribution in [-0.2, 0) is 11.3 Å². The highest BCUT2D eigenvalue weighted by atomic mass is 16.5. The lowest BCUT2D eigenvalue weighted by molar-refractivity contribution is -0.131. The average Bonchev–Trinajstić information content (AvgIpc) is 3.42. The van der Waals surface area contributed by atoms with Gasteiger partial charge in [0.05, 0.1) is 12.7 Å². The number of nitrogens with zero attached hydrogens (tertiary/aromatic N) is 1. The number of carboxylic acids is 1. The molecule has 0 spiro atoms. The van der Waals surface area contributed by atoms with Crippen molar-refractivity contribution < 1.29 is 19.4 Å². The Morgan fingerprint density at radius 2 is 1.76 bits per heavy atom. The van der Waals surface area contributed by atoms with Gasteiger partial charge in [-0.05, 0) is 47.7 Å². The van der Waals surface area contributed by atoms with Gasteiger partial charge in [0.2, 0.25) is 5.91 Å². The standard InChI is InChI=1S/C20H21NO4/c1-21(12-13-3-5-15(6-4-13)20(23)24)19(22)18-11-17(18)14-7-9-16(25-2)10-8-14/h3-10,17-18H,11-12H2,1-2H3,(H,23,24)/t17-,18+/m0/s1. The van der Waals surface area contributed by atoms with Crippen LogP contribution < -0.4 is 4.74 Å².